The fraction of sp³-hybridized carbons (Fsp3) is 0.211. The number of carbonyl (C=O) groups excluding carboxylic acids is 2. The number of hydrogen-bond donors (Lipinski definition) is 2. The molecular weight excluding hydrogens is 414 g/mol. The third-order valence-corrected chi connectivity index (χ3v) is 4.47. The highest BCUT2D eigenvalue weighted by Crippen LogP contribution is 2.14. The number of oxazole rings is 1. The van der Waals surface area contributed by atoms with Crippen molar-refractivity contribution < 1.29 is 14.0 Å². The summed E-state index contributed by atoms with van der Waals surface area (Å²) in [4.78, 5) is 35.7. The largest absolute Gasteiger partial charge is 0.419 e. The Hall–Kier alpha value is -2.87. The summed E-state index contributed by atoms with van der Waals surface area (Å²) in [5, 5.41) is 5.44. The van der Waals surface area contributed by atoms with E-state index in [1.165, 1.54) is 4.57 Å². The first-order valence-electron chi connectivity index (χ1n) is 8.43. The van der Waals surface area contributed by atoms with E-state index in [4.69, 9.17) is 4.42 Å². The molecule has 2 N–H and O–H groups in total. The molecule has 3 rings (SSSR count). The zero-order chi connectivity index (χ0) is 19.2. The van der Waals surface area contributed by atoms with Gasteiger partial charge in [-0.3, -0.25) is 14.2 Å². The summed E-state index contributed by atoms with van der Waals surface area (Å²) in [6.45, 7) is 0.439. The van der Waals surface area contributed by atoms with Crippen LogP contribution in [0.2, 0.25) is 0 Å². The normalized spacial score (nSPS) is 10.7. The molecule has 0 aliphatic carbocycles. The van der Waals surface area contributed by atoms with Crippen LogP contribution in [0.1, 0.15) is 12.8 Å². The van der Waals surface area contributed by atoms with Crippen molar-refractivity contribution in [2.24, 2.45) is 0 Å². The van der Waals surface area contributed by atoms with Crippen LogP contribution in [0.15, 0.2) is 62.2 Å². The van der Waals surface area contributed by atoms with Gasteiger partial charge in [0.1, 0.15) is 0 Å². The van der Waals surface area contributed by atoms with Gasteiger partial charge in [-0.05, 0) is 36.4 Å². The lowest BCUT2D eigenvalue weighted by Crippen LogP contribution is -2.29. The molecule has 0 unspecified atom stereocenters. The Morgan fingerprint density at radius 3 is 2.52 bits per heavy atom. The Kier molecular flexibility index (Phi) is 6.08. The second-order valence-electron chi connectivity index (χ2n) is 5.89. The number of rotatable bonds is 7. The van der Waals surface area contributed by atoms with Crippen molar-refractivity contribution in [3.05, 3.63) is 63.6 Å². The highest BCUT2D eigenvalue weighted by molar-refractivity contribution is 9.10. The van der Waals surface area contributed by atoms with E-state index < -0.39 is 5.76 Å². The van der Waals surface area contributed by atoms with Gasteiger partial charge in [-0.15, -0.1) is 0 Å². The summed E-state index contributed by atoms with van der Waals surface area (Å²) < 4.78 is 7.48. The molecule has 140 valence electrons. The van der Waals surface area contributed by atoms with Crippen LogP contribution in [0, 0.1) is 0 Å². The second-order valence-corrected chi connectivity index (χ2v) is 6.81. The maximum absolute atomic E-state index is 12.0. The molecule has 3 aromatic rings. The van der Waals surface area contributed by atoms with E-state index in [9.17, 15) is 14.4 Å². The summed E-state index contributed by atoms with van der Waals surface area (Å²) in [5.41, 5.74) is 1.84. The van der Waals surface area contributed by atoms with E-state index in [0.29, 0.717) is 16.8 Å². The van der Waals surface area contributed by atoms with Crippen LogP contribution in [0.25, 0.3) is 11.1 Å². The van der Waals surface area contributed by atoms with Gasteiger partial charge in [-0.1, -0.05) is 28.1 Å². The number of nitrogens with one attached hydrogen (secondary N) is 2. The van der Waals surface area contributed by atoms with Crippen molar-refractivity contribution in [2.45, 2.75) is 19.4 Å². The van der Waals surface area contributed by atoms with Gasteiger partial charge >= 0.3 is 5.76 Å². The number of carbonyl (C=O) groups is 2. The topological polar surface area (TPSA) is 93.3 Å². The summed E-state index contributed by atoms with van der Waals surface area (Å²) in [5.74, 6) is -0.906. The van der Waals surface area contributed by atoms with Crippen molar-refractivity contribution >= 4 is 44.5 Å². The van der Waals surface area contributed by atoms with Gasteiger partial charge in [-0.2, -0.15) is 0 Å². The molecule has 8 heteroatoms. The van der Waals surface area contributed by atoms with E-state index in [2.05, 4.69) is 26.6 Å². The van der Waals surface area contributed by atoms with Gasteiger partial charge in [0.15, 0.2) is 5.58 Å². The van der Waals surface area contributed by atoms with Gasteiger partial charge in [0, 0.05) is 36.1 Å². The molecule has 2 aromatic carbocycles. The van der Waals surface area contributed by atoms with Crippen LogP contribution in [0.4, 0.5) is 5.69 Å². The molecule has 0 atom stereocenters. The number of para-hydroxylation sites is 2. The monoisotopic (exact) mass is 431 g/mol. The van der Waals surface area contributed by atoms with Crippen molar-refractivity contribution in [1.82, 2.24) is 9.88 Å². The molecule has 0 saturated heterocycles. The first kappa shape index (κ1) is 18.9. The van der Waals surface area contributed by atoms with Gasteiger partial charge in [0.2, 0.25) is 11.8 Å². The number of amides is 2. The SMILES string of the molecule is O=C(CCn1c(=O)oc2ccccc21)NCCC(=O)Nc1ccc(Br)cc1. The number of benzene rings is 2. The molecule has 0 aliphatic rings. The highest BCUT2D eigenvalue weighted by atomic mass is 79.9. The van der Waals surface area contributed by atoms with Crippen molar-refractivity contribution in [3.63, 3.8) is 0 Å². The lowest BCUT2D eigenvalue weighted by molar-refractivity contribution is -0.121. The van der Waals surface area contributed by atoms with Crippen LogP contribution in [-0.4, -0.2) is 22.9 Å². The molecule has 0 bridgehead atoms. The van der Waals surface area contributed by atoms with Crippen LogP contribution < -0.4 is 16.4 Å². The molecule has 0 spiro atoms. The molecule has 0 aliphatic heterocycles. The van der Waals surface area contributed by atoms with E-state index in [0.717, 1.165) is 4.47 Å². The van der Waals surface area contributed by atoms with E-state index >= 15 is 0 Å². The van der Waals surface area contributed by atoms with Gasteiger partial charge < -0.3 is 15.1 Å². The zero-order valence-corrected chi connectivity index (χ0v) is 16.0. The average molecular weight is 432 g/mol. The van der Waals surface area contributed by atoms with Crippen molar-refractivity contribution in [3.8, 4) is 0 Å². The second kappa shape index (κ2) is 8.68. The smallest absolute Gasteiger partial charge is 0.408 e. The molecular formula is C19H18BrN3O4. The fourth-order valence-corrected chi connectivity index (χ4v) is 2.86. The molecule has 0 fully saturated rings. The molecule has 1 heterocycles. The molecule has 7 nitrogen and oxygen atoms in total. The van der Waals surface area contributed by atoms with Crippen molar-refractivity contribution in [1.29, 1.82) is 0 Å². The van der Waals surface area contributed by atoms with Gasteiger partial charge in [0.25, 0.3) is 0 Å². The van der Waals surface area contributed by atoms with Crippen molar-refractivity contribution in [2.75, 3.05) is 11.9 Å². The van der Waals surface area contributed by atoms with Crippen LogP contribution in [0.3, 0.4) is 0 Å². The number of nitrogens with zero attached hydrogens (tertiary/aromatic N) is 1. The number of hydrogen-bond acceptors (Lipinski definition) is 4. The Bertz CT molecular complexity index is 1010. The van der Waals surface area contributed by atoms with E-state index in [1.54, 1.807) is 36.4 Å². The fourth-order valence-electron chi connectivity index (χ4n) is 2.60. The summed E-state index contributed by atoms with van der Waals surface area (Å²) >= 11 is 3.33. The number of aromatic nitrogens is 1. The minimum Gasteiger partial charge on any atom is -0.408 e. The molecule has 27 heavy (non-hydrogen) atoms. The Labute approximate surface area is 163 Å². The first-order valence-corrected chi connectivity index (χ1v) is 9.23. The predicted molar refractivity (Wildman–Crippen MR) is 105 cm³/mol. The lowest BCUT2D eigenvalue weighted by atomic mass is 10.3. The minimum absolute atomic E-state index is 0.123. The quantitative estimate of drug-likeness (QED) is 0.601. The summed E-state index contributed by atoms with van der Waals surface area (Å²) in [6.07, 6.45) is 0.286. The molecule has 0 saturated carbocycles. The van der Waals surface area contributed by atoms with E-state index in [1.807, 2.05) is 12.1 Å². The standard InChI is InChI=1S/C19H18BrN3O4/c20-13-5-7-14(8-6-13)22-18(25)9-11-21-17(24)10-12-23-15-3-1-2-4-16(15)27-19(23)26/h1-8H,9-12H2,(H,21,24)(H,22,25). The number of anilines is 1. The summed E-state index contributed by atoms with van der Waals surface area (Å²) in [7, 11) is 0. The highest BCUT2D eigenvalue weighted by Gasteiger charge is 2.10. The zero-order valence-electron chi connectivity index (χ0n) is 14.4. The Balaban J connectivity index is 1.43. The third kappa shape index (κ3) is 5.07. The van der Waals surface area contributed by atoms with Gasteiger partial charge in [-0.25, -0.2) is 4.79 Å². The van der Waals surface area contributed by atoms with Crippen LogP contribution in [-0.2, 0) is 16.1 Å². The maximum atomic E-state index is 12.0. The van der Waals surface area contributed by atoms with E-state index in [-0.39, 0.29) is 37.7 Å². The maximum Gasteiger partial charge on any atom is 0.419 e. The summed E-state index contributed by atoms with van der Waals surface area (Å²) in [6, 6.07) is 14.3. The lowest BCUT2D eigenvalue weighted by Gasteiger charge is -2.07. The average Bonchev–Trinajstić information content (AvgIpc) is 2.97. The molecule has 1 aromatic heterocycles. The minimum atomic E-state index is -0.488. The van der Waals surface area contributed by atoms with Crippen LogP contribution >= 0.6 is 15.9 Å². The number of aryl methyl sites for hydroxylation is 1. The molecule has 0 radical (unpaired) electrons. The number of halogens is 1. The molecule has 2 amide bonds. The Morgan fingerprint density at radius 2 is 1.74 bits per heavy atom. The van der Waals surface area contributed by atoms with Gasteiger partial charge in [0.05, 0.1) is 5.52 Å². The Morgan fingerprint density at radius 1 is 1.00 bits per heavy atom. The predicted octanol–water partition coefficient (Wildman–Crippen LogP) is 2.89. The van der Waals surface area contributed by atoms with Crippen LogP contribution in [0.5, 0.6) is 0 Å². The first-order chi connectivity index (χ1) is 13.0. The third-order valence-electron chi connectivity index (χ3n) is 3.94. The number of fused-ring (bicyclic) bond motifs is 1.